The van der Waals surface area contributed by atoms with E-state index in [9.17, 15) is 18.0 Å². The molecule has 1 unspecified atom stereocenters. The molecular formula is C34H37F3N6O3. The molecule has 3 N–H and O–H groups in total. The van der Waals surface area contributed by atoms with Gasteiger partial charge in [0.1, 0.15) is 17.2 Å². The van der Waals surface area contributed by atoms with Crippen LogP contribution in [0.15, 0.2) is 37.4 Å². The van der Waals surface area contributed by atoms with Crippen LogP contribution in [0.4, 0.5) is 24.7 Å². The molecule has 12 heteroatoms. The molecule has 0 radical (unpaired) electrons. The second-order valence-electron chi connectivity index (χ2n) is 12.4. The monoisotopic (exact) mass is 634 g/mol. The van der Waals surface area contributed by atoms with Crippen LogP contribution in [0.2, 0.25) is 0 Å². The molecule has 3 saturated heterocycles. The van der Waals surface area contributed by atoms with Gasteiger partial charge in [0.05, 0.1) is 6.61 Å². The van der Waals surface area contributed by atoms with Crippen LogP contribution in [0.3, 0.4) is 0 Å². The van der Waals surface area contributed by atoms with E-state index in [2.05, 4.69) is 18.1 Å². The Morgan fingerprint density at radius 3 is 2.57 bits per heavy atom. The first-order chi connectivity index (χ1) is 22.0. The lowest BCUT2D eigenvalue weighted by molar-refractivity contribution is -0.153. The van der Waals surface area contributed by atoms with Crippen molar-refractivity contribution in [1.82, 2.24) is 14.9 Å². The highest BCUT2D eigenvalue weighted by atomic mass is 19.4. The molecule has 3 aromatic rings. The van der Waals surface area contributed by atoms with Crippen LogP contribution < -0.4 is 15.4 Å². The summed E-state index contributed by atoms with van der Waals surface area (Å²) in [5.74, 6) is 0.838. The van der Waals surface area contributed by atoms with Gasteiger partial charge in [-0.05, 0) is 61.1 Å². The van der Waals surface area contributed by atoms with E-state index in [0.717, 1.165) is 19.1 Å². The van der Waals surface area contributed by atoms with Crippen molar-refractivity contribution in [2.24, 2.45) is 5.41 Å². The van der Waals surface area contributed by atoms with E-state index < -0.39 is 12.8 Å². The van der Waals surface area contributed by atoms with Gasteiger partial charge in [0.15, 0.2) is 12.4 Å². The number of nitrogens with two attached hydrogens (primary N) is 1. The summed E-state index contributed by atoms with van der Waals surface area (Å²) in [6, 6.07) is 5.28. The Bertz CT molecular complexity index is 1720. The fraction of sp³-hybridized carbons (Fsp3) is 0.412. The number of likely N-dealkylation sites (tertiary alicyclic amines) is 1. The lowest BCUT2D eigenvalue weighted by Gasteiger charge is -2.54. The largest absolute Gasteiger partial charge is 0.481 e. The Labute approximate surface area is 265 Å². The summed E-state index contributed by atoms with van der Waals surface area (Å²) in [5, 5.41) is 8.67. The van der Waals surface area contributed by atoms with Gasteiger partial charge in [-0.3, -0.25) is 4.79 Å². The van der Waals surface area contributed by atoms with Crippen molar-refractivity contribution in [2.45, 2.75) is 38.3 Å². The van der Waals surface area contributed by atoms with Gasteiger partial charge in [0.25, 0.3) is 0 Å². The minimum Gasteiger partial charge on any atom is -0.481 e. The maximum atomic E-state index is 13.8. The lowest BCUT2D eigenvalue weighted by Crippen LogP contribution is -2.61. The smallest absolute Gasteiger partial charge is 0.422 e. The summed E-state index contributed by atoms with van der Waals surface area (Å²) in [5.41, 5.74) is 9.25. The topological polar surface area (TPSA) is 118 Å². The SMILES string of the molecule is C=CC(=O)N1CC2(CCN(c3nc(C4CCOC4)nc4c(OCC(F)(F)F)c(-c5c(C)ccc(N)c5C=N)c(C=C)cc34)CC2)C1. The number of piperidine rings is 1. The number of nitrogens with zero attached hydrogens (tertiary/aromatic N) is 4. The number of ether oxygens (including phenoxy) is 2. The fourth-order valence-corrected chi connectivity index (χ4v) is 6.92. The van der Waals surface area contributed by atoms with Gasteiger partial charge in [-0.1, -0.05) is 25.3 Å². The molecule has 0 saturated carbocycles. The molecular weight excluding hydrogens is 597 g/mol. The van der Waals surface area contributed by atoms with Crippen LogP contribution in [0.1, 0.15) is 47.7 Å². The number of anilines is 2. The van der Waals surface area contributed by atoms with E-state index in [1.165, 1.54) is 6.08 Å². The number of aryl methyl sites for hydroxylation is 1. The summed E-state index contributed by atoms with van der Waals surface area (Å²) in [7, 11) is 0. The molecule has 2 aromatic carbocycles. The van der Waals surface area contributed by atoms with Gasteiger partial charge in [-0.2, -0.15) is 13.2 Å². The number of benzene rings is 2. The zero-order chi connectivity index (χ0) is 32.8. The van der Waals surface area contributed by atoms with Crippen molar-refractivity contribution in [3.8, 4) is 16.9 Å². The van der Waals surface area contributed by atoms with Gasteiger partial charge < -0.3 is 30.4 Å². The number of amides is 1. The van der Waals surface area contributed by atoms with Crippen molar-refractivity contribution >= 4 is 40.6 Å². The van der Waals surface area contributed by atoms with Gasteiger partial charge >= 0.3 is 6.18 Å². The van der Waals surface area contributed by atoms with Gasteiger partial charge in [-0.25, -0.2) is 9.97 Å². The molecule has 242 valence electrons. The minimum atomic E-state index is -4.62. The molecule has 0 bridgehead atoms. The fourth-order valence-electron chi connectivity index (χ4n) is 6.92. The van der Waals surface area contributed by atoms with Gasteiger partial charge in [0.2, 0.25) is 5.91 Å². The number of nitrogen functional groups attached to an aromatic ring is 1. The number of fused-ring (bicyclic) bond motifs is 1. The summed E-state index contributed by atoms with van der Waals surface area (Å²) in [4.78, 5) is 26.0. The van der Waals surface area contributed by atoms with E-state index in [0.29, 0.717) is 96.3 Å². The molecule has 3 fully saturated rings. The summed E-state index contributed by atoms with van der Waals surface area (Å²) in [6.07, 6.45) is 1.73. The maximum absolute atomic E-state index is 13.8. The van der Waals surface area contributed by atoms with E-state index in [-0.39, 0.29) is 28.5 Å². The number of nitrogens with one attached hydrogen (secondary N) is 1. The standard InChI is InChI=1S/C34H37F3N6O3/c1-4-21-14-23-29(30(46-19-34(35,36)37)28(21)27-20(3)6-7-25(39)24(27)15-38)40-31(22-8-13-45-16-22)41-32(23)42-11-9-33(10-12-42)17-43(18-33)26(44)5-2/h4-7,14-15,22,38H,1-2,8-13,16-19,39H2,3H3. The number of alkyl halides is 3. The number of hydrogen-bond acceptors (Lipinski definition) is 8. The molecule has 1 aromatic heterocycles. The Kier molecular flexibility index (Phi) is 8.26. The van der Waals surface area contributed by atoms with Crippen LogP contribution in [-0.4, -0.2) is 79.2 Å². The highest BCUT2D eigenvalue weighted by Crippen LogP contribution is 2.47. The molecule has 4 heterocycles. The summed E-state index contributed by atoms with van der Waals surface area (Å²) in [6.45, 7) is 11.5. The van der Waals surface area contributed by atoms with Crippen molar-refractivity contribution in [3.05, 3.63) is 59.9 Å². The van der Waals surface area contributed by atoms with Crippen LogP contribution >= 0.6 is 0 Å². The average Bonchev–Trinajstić information content (AvgIpc) is 3.57. The summed E-state index contributed by atoms with van der Waals surface area (Å²) < 4.78 is 52.6. The summed E-state index contributed by atoms with van der Waals surface area (Å²) >= 11 is 0. The second kappa shape index (κ2) is 12.1. The predicted molar refractivity (Wildman–Crippen MR) is 172 cm³/mol. The lowest BCUT2D eigenvalue weighted by atomic mass is 9.72. The number of aromatic nitrogens is 2. The third-order valence-electron chi connectivity index (χ3n) is 9.41. The molecule has 3 aliphatic heterocycles. The molecule has 1 atom stereocenters. The van der Waals surface area contributed by atoms with E-state index in [1.807, 2.05) is 13.0 Å². The number of carbonyl (C=O) groups is 1. The molecule has 1 spiro atoms. The van der Waals surface area contributed by atoms with Gasteiger partial charge in [-0.15, -0.1) is 0 Å². The normalized spacial score (nSPS) is 19.3. The first kappa shape index (κ1) is 31.5. The quantitative estimate of drug-likeness (QED) is 0.180. The Morgan fingerprint density at radius 2 is 1.96 bits per heavy atom. The Hall–Kier alpha value is -4.45. The zero-order valence-electron chi connectivity index (χ0n) is 25.8. The van der Waals surface area contributed by atoms with Crippen LogP contribution in [0, 0.1) is 17.7 Å². The number of halogens is 3. The Balaban J connectivity index is 1.54. The third kappa shape index (κ3) is 5.70. The highest BCUT2D eigenvalue weighted by molar-refractivity contribution is 6.06. The molecule has 9 nitrogen and oxygen atoms in total. The van der Waals surface area contributed by atoms with E-state index in [1.54, 1.807) is 23.1 Å². The van der Waals surface area contributed by atoms with Crippen molar-refractivity contribution in [3.63, 3.8) is 0 Å². The molecule has 1 amide bonds. The number of carbonyl (C=O) groups excluding carboxylic acids is 1. The second-order valence-corrected chi connectivity index (χ2v) is 12.4. The first-order valence-corrected chi connectivity index (χ1v) is 15.3. The highest BCUT2D eigenvalue weighted by Gasteiger charge is 2.46. The van der Waals surface area contributed by atoms with E-state index in [4.69, 9.17) is 30.6 Å². The van der Waals surface area contributed by atoms with Crippen molar-refractivity contribution in [1.29, 1.82) is 5.41 Å². The number of hydrogen-bond donors (Lipinski definition) is 2. The Morgan fingerprint density at radius 1 is 1.22 bits per heavy atom. The predicted octanol–water partition coefficient (Wildman–Crippen LogP) is 5.89. The van der Waals surface area contributed by atoms with Crippen LogP contribution in [-0.2, 0) is 9.53 Å². The minimum absolute atomic E-state index is 0.0223. The molecule has 0 aliphatic carbocycles. The van der Waals surface area contributed by atoms with E-state index >= 15 is 0 Å². The van der Waals surface area contributed by atoms with Gasteiger partial charge in [0, 0.05) is 72.5 Å². The third-order valence-corrected chi connectivity index (χ3v) is 9.41. The molecule has 46 heavy (non-hydrogen) atoms. The average molecular weight is 635 g/mol. The maximum Gasteiger partial charge on any atom is 0.422 e. The van der Waals surface area contributed by atoms with Crippen LogP contribution in [0.5, 0.6) is 5.75 Å². The van der Waals surface area contributed by atoms with Crippen molar-refractivity contribution in [2.75, 3.05) is 56.6 Å². The molecule has 3 aliphatic rings. The molecule has 6 rings (SSSR count). The number of rotatable bonds is 8. The van der Waals surface area contributed by atoms with Crippen LogP contribution in [0.25, 0.3) is 28.1 Å². The van der Waals surface area contributed by atoms with Crippen molar-refractivity contribution < 1.29 is 27.4 Å². The first-order valence-electron chi connectivity index (χ1n) is 15.3. The zero-order valence-corrected chi connectivity index (χ0v) is 25.8.